The lowest BCUT2D eigenvalue weighted by Crippen LogP contribution is -2.57. The van der Waals surface area contributed by atoms with Crippen LogP contribution in [0.4, 0.5) is 0 Å². The van der Waals surface area contributed by atoms with Gasteiger partial charge in [-0.2, -0.15) is 0 Å². The number of hydrogen-bond acceptors (Lipinski definition) is 6. The number of phenols is 1. The minimum Gasteiger partial charge on any atom is -0.508 e. The number of hydrogen-bond donors (Lipinski definition) is 2. The molecule has 190 valence electrons. The molecule has 2 aromatic carbocycles. The van der Waals surface area contributed by atoms with Crippen LogP contribution in [0.25, 0.3) is 0 Å². The second kappa shape index (κ2) is 9.74. The summed E-state index contributed by atoms with van der Waals surface area (Å²) in [5.41, 5.74) is 2.43. The molecule has 3 aliphatic rings. The van der Waals surface area contributed by atoms with E-state index in [1.54, 1.807) is 7.11 Å². The molecule has 0 aromatic heterocycles. The zero-order valence-electron chi connectivity index (χ0n) is 21.5. The van der Waals surface area contributed by atoms with Gasteiger partial charge in [-0.15, -0.1) is 0 Å². The average molecular weight is 480 g/mol. The molecule has 1 atom stereocenters. The van der Waals surface area contributed by atoms with Crippen molar-refractivity contribution < 1.29 is 14.9 Å². The predicted molar refractivity (Wildman–Crippen MR) is 138 cm³/mol. The van der Waals surface area contributed by atoms with Crippen LogP contribution in [-0.2, 0) is 12.1 Å². The second-order valence-corrected chi connectivity index (χ2v) is 11.2. The summed E-state index contributed by atoms with van der Waals surface area (Å²) in [6.45, 7) is 2.63. The summed E-state index contributed by atoms with van der Waals surface area (Å²) in [4.78, 5) is 7.09. The normalized spacial score (nSPS) is 30.1. The molecule has 2 saturated carbocycles. The molecule has 3 fully saturated rings. The SMILES string of the molecule is COc1ccc(CN2CC3(CCC(c4ccc(O)cc4)(N(C)C)CC3)N(CC3CCC3)C2O)cc1. The molecule has 6 nitrogen and oxygen atoms in total. The summed E-state index contributed by atoms with van der Waals surface area (Å²) >= 11 is 0. The minimum atomic E-state index is -0.543. The number of phenolic OH excluding ortho intramolecular Hbond substituents is 1. The van der Waals surface area contributed by atoms with Gasteiger partial charge in [0.05, 0.1) is 7.11 Å². The van der Waals surface area contributed by atoms with Crippen LogP contribution in [0, 0.1) is 5.92 Å². The van der Waals surface area contributed by atoms with Gasteiger partial charge < -0.3 is 14.9 Å². The standard InChI is InChI=1S/C29H41N3O3/c1-30(2)29(24-9-11-25(33)12-10-24)17-15-28(16-18-29)21-31(19-23-7-13-26(35-3)14-8-23)27(34)32(28)20-22-5-4-6-22/h7-14,22,27,33-34H,4-6,15-21H2,1-3H3. The van der Waals surface area contributed by atoms with E-state index in [-0.39, 0.29) is 11.1 Å². The Bertz CT molecular complexity index is 979. The van der Waals surface area contributed by atoms with Gasteiger partial charge in [-0.05, 0) is 93.9 Å². The highest BCUT2D eigenvalue weighted by atomic mass is 16.5. The van der Waals surface area contributed by atoms with Gasteiger partial charge in [0.15, 0.2) is 6.35 Å². The Labute approximate surface area is 210 Å². The Morgan fingerprint density at radius 1 is 0.971 bits per heavy atom. The lowest BCUT2D eigenvalue weighted by molar-refractivity contribution is -0.104. The Morgan fingerprint density at radius 3 is 2.17 bits per heavy atom. The third-order valence-electron chi connectivity index (χ3n) is 9.20. The lowest BCUT2D eigenvalue weighted by atomic mass is 9.68. The third-order valence-corrected chi connectivity index (χ3v) is 9.20. The Kier molecular flexibility index (Phi) is 6.83. The fourth-order valence-electron chi connectivity index (χ4n) is 6.68. The van der Waals surface area contributed by atoms with Crippen molar-refractivity contribution in [3.63, 3.8) is 0 Å². The van der Waals surface area contributed by atoms with E-state index in [2.05, 4.69) is 53.1 Å². The first-order valence-corrected chi connectivity index (χ1v) is 13.1. The maximum atomic E-state index is 11.6. The molecule has 5 rings (SSSR count). The van der Waals surface area contributed by atoms with E-state index < -0.39 is 6.35 Å². The molecule has 0 radical (unpaired) electrons. The zero-order chi connectivity index (χ0) is 24.6. The maximum Gasteiger partial charge on any atom is 0.166 e. The summed E-state index contributed by atoms with van der Waals surface area (Å²) < 4.78 is 5.32. The van der Waals surface area contributed by atoms with Crippen LogP contribution in [0.5, 0.6) is 11.5 Å². The molecular weight excluding hydrogens is 438 g/mol. The van der Waals surface area contributed by atoms with Gasteiger partial charge in [0.2, 0.25) is 0 Å². The van der Waals surface area contributed by atoms with Crippen LogP contribution in [0.2, 0.25) is 0 Å². The number of nitrogens with zero attached hydrogens (tertiary/aromatic N) is 3. The Hall–Kier alpha value is -2.12. The van der Waals surface area contributed by atoms with E-state index in [9.17, 15) is 10.2 Å². The van der Waals surface area contributed by atoms with Crippen LogP contribution < -0.4 is 4.74 Å². The smallest absolute Gasteiger partial charge is 0.166 e. The highest BCUT2D eigenvalue weighted by Gasteiger charge is 2.55. The van der Waals surface area contributed by atoms with Crippen LogP contribution in [-0.4, -0.2) is 71.1 Å². The van der Waals surface area contributed by atoms with Crippen molar-refractivity contribution >= 4 is 0 Å². The van der Waals surface area contributed by atoms with E-state index in [4.69, 9.17) is 4.74 Å². The Balaban J connectivity index is 1.38. The van der Waals surface area contributed by atoms with Crippen LogP contribution in [0.1, 0.15) is 56.1 Å². The van der Waals surface area contributed by atoms with Crippen LogP contribution in [0.15, 0.2) is 48.5 Å². The van der Waals surface area contributed by atoms with Crippen molar-refractivity contribution in [3.8, 4) is 11.5 Å². The average Bonchev–Trinajstić information content (AvgIpc) is 3.08. The first kappa shape index (κ1) is 24.6. The van der Waals surface area contributed by atoms with E-state index in [1.165, 1.54) is 30.4 Å². The number of aromatic hydroxyl groups is 1. The predicted octanol–water partition coefficient (Wildman–Crippen LogP) is 4.36. The topological polar surface area (TPSA) is 59.4 Å². The fourth-order valence-corrected chi connectivity index (χ4v) is 6.68. The minimum absolute atomic E-state index is 0.00208. The van der Waals surface area contributed by atoms with Crippen molar-refractivity contribution in [2.75, 3.05) is 34.3 Å². The highest BCUT2D eigenvalue weighted by Crippen LogP contribution is 2.50. The van der Waals surface area contributed by atoms with E-state index >= 15 is 0 Å². The van der Waals surface area contributed by atoms with Crippen molar-refractivity contribution in [1.82, 2.24) is 14.7 Å². The second-order valence-electron chi connectivity index (χ2n) is 11.2. The van der Waals surface area contributed by atoms with Gasteiger partial charge in [0.25, 0.3) is 0 Å². The number of ether oxygens (including phenoxy) is 1. The molecule has 0 bridgehead atoms. The van der Waals surface area contributed by atoms with Crippen molar-refractivity contribution in [3.05, 3.63) is 59.7 Å². The van der Waals surface area contributed by atoms with E-state index in [0.29, 0.717) is 11.7 Å². The van der Waals surface area contributed by atoms with Crippen molar-refractivity contribution in [2.45, 2.75) is 68.9 Å². The molecule has 1 unspecified atom stereocenters. The summed E-state index contributed by atoms with van der Waals surface area (Å²) in [7, 11) is 6.04. The Morgan fingerprint density at radius 2 is 1.63 bits per heavy atom. The lowest BCUT2D eigenvalue weighted by Gasteiger charge is -2.52. The molecule has 0 amide bonds. The molecule has 2 aromatic rings. The third kappa shape index (κ3) is 4.57. The van der Waals surface area contributed by atoms with Crippen molar-refractivity contribution in [2.24, 2.45) is 5.92 Å². The number of aliphatic hydroxyl groups excluding tert-OH is 1. The molecule has 1 aliphatic heterocycles. The highest BCUT2D eigenvalue weighted by molar-refractivity contribution is 5.32. The summed E-state index contributed by atoms with van der Waals surface area (Å²) in [5, 5.41) is 21.4. The van der Waals surface area contributed by atoms with Gasteiger partial charge in [0.1, 0.15) is 11.5 Å². The number of methoxy groups -OCH3 is 1. The van der Waals surface area contributed by atoms with Gasteiger partial charge in [-0.25, -0.2) is 0 Å². The molecule has 2 N–H and O–H groups in total. The molecule has 6 heteroatoms. The molecular formula is C29H41N3O3. The molecule has 2 aliphatic carbocycles. The summed E-state index contributed by atoms with van der Waals surface area (Å²) in [6, 6.07) is 16.0. The summed E-state index contributed by atoms with van der Waals surface area (Å²) in [6.07, 6.45) is 7.52. The number of aliphatic hydroxyl groups is 1. The quantitative estimate of drug-likeness (QED) is 0.615. The number of rotatable bonds is 7. The zero-order valence-corrected chi connectivity index (χ0v) is 21.5. The summed E-state index contributed by atoms with van der Waals surface area (Å²) in [5.74, 6) is 1.88. The van der Waals surface area contributed by atoms with Crippen molar-refractivity contribution in [1.29, 1.82) is 0 Å². The first-order valence-electron chi connectivity index (χ1n) is 13.1. The molecule has 35 heavy (non-hydrogen) atoms. The van der Waals surface area contributed by atoms with Crippen LogP contribution in [0.3, 0.4) is 0 Å². The van der Waals surface area contributed by atoms with Gasteiger partial charge in [-0.3, -0.25) is 14.7 Å². The fraction of sp³-hybridized carbons (Fsp3) is 0.586. The number of benzene rings is 2. The van der Waals surface area contributed by atoms with Gasteiger partial charge in [0, 0.05) is 30.7 Å². The van der Waals surface area contributed by atoms with Crippen LogP contribution >= 0.6 is 0 Å². The first-order chi connectivity index (χ1) is 16.8. The molecule has 1 heterocycles. The molecule has 1 spiro atoms. The largest absolute Gasteiger partial charge is 0.508 e. The van der Waals surface area contributed by atoms with Gasteiger partial charge in [-0.1, -0.05) is 30.7 Å². The molecule has 1 saturated heterocycles. The van der Waals surface area contributed by atoms with Gasteiger partial charge >= 0.3 is 0 Å². The monoisotopic (exact) mass is 479 g/mol. The maximum absolute atomic E-state index is 11.6. The van der Waals surface area contributed by atoms with E-state index in [1.807, 2.05) is 24.3 Å². The van der Waals surface area contributed by atoms with E-state index in [0.717, 1.165) is 51.1 Å².